The fourth-order valence-electron chi connectivity index (χ4n) is 1.32. The predicted octanol–water partition coefficient (Wildman–Crippen LogP) is -0.377. The van der Waals surface area contributed by atoms with Gasteiger partial charge >= 0.3 is 5.97 Å². The summed E-state index contributed by atoms with van der Waals surface area (Å²) >= 11 is 5.73. The highest BCUT2D eigenvalue weighted by molar-refractivity contribution is 6.21. The molecule has 0 aromatic rings. The molecule has 0 amide bonds. The van der Waals surface area contributed by atoms with Crippen molar-refractivity contribution in [2.24, 2.45) is 0 Å². The second-order valence-corrected chi connectivity index (χ2v) is 3.74. The van der Waals surface area contributed by atoms with Crippen molar-refractivity contribution in [3.63, 3.8) is 0 Å². The molecule has 14 heavy (non-hydrogen) atoms. The smallest absolute Gasteiger partial charge is 0.303 e. The lowest BCUT2D eigenvalue weighted by atomic mass is 10.0. The van der Waals surface area contributed by atoms with E-state index in [0.717, 1.165) is 0 Å². The summed E-state index contributed by atoms with van der Waals surface area (Å²) in [5, 5.41) is 17.9. The third-order valence-corrected chi connectivity index (χ3v) is 2.52. The van der Waals surface area contributed by atoms with Gasteiger partial charge in [0, 0.05) is 6.92 Å². The van der Waals surface area contributed by atoms with E-state index in [4.69, 9.17) is 21.1 Å². The highest BCUT2D eigenvalue weighted by atomic mass is 35.5. The van der Waals surface area contributed by atoms with Crippen LogP contribution in [0.5, 0.6) is 0 Å². The summed E-state index contributed by atoms with van der Waals surface area (Å²) < 4.78 is 9.70. The highest BCUT2D eigenvalue weighted by Crippen LogP contribution is 2.25. The van der Waals surface area contributed by atoms with E-state index < -0.39 is 35.9 Å². The Bertz CT molecular complexity index is 208. The number of hydrogen-bond donors (Lipinski definition) is 2. The van der Waals surface area contributed by atoms with Gasteiger partial charge in [0.15, 0.2) is 12.4 Å². The minimum absolute atomic E-state index is 0.555. The summed E-state index contributed by atoms with van der Waals surface area (Å²) in [4.78, 5) is 10.7. The van der Waals surface area contributed by atoms with Crippen LogP contribution >= 0.6 is 11.6 Å². The molecule has 1 rings (SSSR count). The van der Waals surface area contributed by atoms with Gasteiger partial charge in [0.25, 0.3) is 0 Å². The van der Waals surface area contributed by atoms with Crippen LogP contribution in [0.3, 0.4) is 0 Å². The van der Waals surface area contributed by atoms with Crippen molar-refractivity contribution in [1.82, 2.24) is 0 Å². The number of alkyl halides is 1. The lowest BCUT2D eigenvalue weighted by Gasteiger charge is -2.38. The SMILES string of the molecule is CC(=O)O[C@H]1C(Cl)C(O)O[C@@H](C)[C@H]1O. The van der Waals surface area contributed by atoms with Crippen LogP contribution in [0.2, 0.25) is 0 Å². The number of hydrogen-bond acceptors (Lipinski definition) is 5. The van der Waals surface area contributed by atoms with E-state index in [-0.39, 0.29) is 0 Å². The standard InChI is InChI=1S/C8H13ClO5/c1-3-6(11)7(14-4(2)10)5(9)8(12)13-3/h3,5-8,11-12H,1-2H3/t3-,5?,6+,7-,8?/m0/s1. The fraction of sp³-hybridized carbons (Fsp3) is 0.875. The Hall–Kier alpha value is -0.360. The first-order chi connectivity index (χ1) is 6.43. The second kappa shape index (κ2) is 4.44. The van der Waals surface area contributed by atoms with Gasteiger partial charge < -0.3 is 19.7 Å². The molecule has 2 N–H and O–H groups in total. The van der Waals surface area contributed by atoms with Crippen molar-refractivity contribution in [2.75, 3.05) is 0 Å². The van der Waals surface area contributed by atoms with Crippen molar-refractivity contribution in [3.05, 3.63) is 0 Å². The van der Waals surface area contributed by atoms with Gasteiger partial charge in [-0.2, -0.15) is 0 Å². The van der Waals surface area contributed by atoms with Crippen LogP contribution in [0.15, 0.2) is 0 Å². The van der Waals surface area contributed by atoms with Gasteiger partial charge in [-0.05, 0) is 6.92 Å². The van der Waals surface area contributed by atoms with E-state index in [9.17, 15) is 15.0 Å². The summed E-state index contributed by atoms with van der Waals surface area (Å²) in [7, 11) is 0. The van der Waals surface area contributed by atoms with Gasteiger partial charge in [0.2, 0.25) is 0 Å². The zero-order valence-electron chi connectivity index (χ0n) is 7.88. The Morgan fingerprint density at radius 3 is 2.57 bits per heavy atom. The van der Waals surface area contributed by atoms with E-state index >= 15 is 0 Å². The monoisotopic (exact) mass is 224 g/mol. The minimum atomic E-state index is -1.24. The molecule has 0 spiro atoms. The van der Waals surface area contributed by atoms with Gasteiger partial charge in [0.05, 0.1) is 6.10 Å². The lowest BCUT2D eigenvalue weighted by Crippen LogP contribution is -2.55. The van der Waals surface area contributed by atoms with Crippen LogP contribution in [-0.2, 0) is 14.3 Å². The Morgan fingerprint density at radius 1 is 1.50 bits per heavy atom. The van der Waals surface area contributed by atoms with Gasteiger partial charge in [-0.25, -0.2) is 0 Å². The van der Waals surface area contributed by atoms with E-state index in [1.54, 1.807) is 6.92 Å². The lowest BCUT2D eigenvalue weighted by molar-refractivity contribution is -0.230. The van der Waals surface area contributed by atoms with Gasteiger partial charge in [-0.3, -0.25) is 4.79 Å². The molecular weight excluding hydrogens is 212 g/mol. The molecule has 0 saturated carbocycles. The number of ether oxygens (including phenoxy) is 2. The van der Waals surface area contributed by atoms with Crippen LogP contribution < -0.4 is 0 Å². The maximum absolute atomic E-state index is 10.7. The molecule has 1 aliphatic rings. The van der Waals surface area contributed by atoms with Crippen LogP contribution in [0.1, 0.15) is 13.8 Å². The molecule has 5 atom stereocenters. The van der Waals surface area contributed by atoms with E-state index in [0.29, 0.717) is 0 Å². The number of carbonyl (C=O) groups is 1. The number of carbonyl (C=O) groups excluding carboxylic acids is 1. The summed E-state index contributed by atoms with van der Waals surface area (Å²) in [6.07, 6.45) is -3.82. The Labute approximate surface area is 86.6 Å². The number of halogens is 1. The molecule has 1 aliphatic heterocycles. The topological polar surface area (TPSA) is 76.0 Å². The van der Waals surface area contributed by atoms with Crippen molar-refractivity contribution < 1.29 is 24.5 Å². The number of aliphatic hydroxyl groups excluding tert-OH is 2. The molecule has 1 fully saturated rings. The van der Waals surface area contributed by atoms with Crippen molar-refractivity contribution in [2.45, 2.75) is 43.8 Å². The number of esters is 1. The third kappa shape index (κ3) is 2.36. The van der Waals surface area contributed by atoms with Crippen molar-refractivity contribution >= 4 is 17.6 Å². The number of aliphatic hydroxyl groups is 2. The van der Waals surface area contributed by atoms with Crippen LogP contribution in [0.25, 0.3) is 0 Å². The maximum atomic E-state index is 10.7. The van der Waals surface area contributed by atoms with Gasteiger partial charge in [-0.15, -0.1) is 11.6 Å². The largest absolute Gasteiger partial charge is 0.458 e. The molecule has 0 aromatic heterocycles. The zero-order valence-corrected chi connectivity index (χ0v) is 8.64. The van der Waals surface area contributed by atoms with Crippen LogP contribution in [-0.4, -0.2) is 46.2 Å². The third-order valence-electron chi connectivity index (χ3n) is 2.06. The first-order valence-corrected chi connectivity index (χ1v) is 4.70. The first-order valence-electron chi connectivity index (χ1n) is 4.26. The summed E-state index contributed by atoms with van der Waals surface area (Å²) in [5.74, 6) is -0.555. The summed E-state index contributed by atoms with van der Waals surface area (Å²) in [6, 6.07) is 0. The quantitative estimate of drug-likeness (QED) is 0.469. The normalized spacial score (nSPS) is 43.4. The molecule has 2 unspecified atom stereocenters. The maximum Gasteiger partial charge on any atom is 0.303 e. The molecule has 0 aliphatic carbocycles. The van der Waals surface area contributed by atoms with Gasteiger partial charge in [0.1, 0.15) is 11.5 Å². The van der Waals surface area contributed by atoms with E-state index in [1.165, 1.54) is 6.92 Å². The molecule has 0 aromatic carbocycles. The molecule has 0 radical (unpaired) electrons. The summed E-state index contributed by atoms with van der Waals surface area (Å²) in [5.41, 5.74) is 0. The van der Waals surface area contributed by atoms with E-state index in [1.807, 2.05) is 0 Å². The average molecular weight is 225 g/mol. The molecule has 5 nitrogen and oxygen atoms in total. The van der Waals surface area contributed by atoms with Crippen molar-refractivity contribution in [3.8, 4) is 0 Å². The Balaban J connectivity index is 2.71. The second-order valence-electron chi connectivity index (χ2n) is 3.24. The van der Waals surface area contributed by atoms with Crippen LogP contribution in [0, 0.1) is 0 Å². The van der Waals surface area contributed by atoms with E-state index in [2.05, 4.69) is 0 Å². The number of rotatable bonds is 1. The average Bonchev–Trinajstić information content (AvgIpc) is 2.09. The van der Waals surface area contributed by atoms with Crippen molar-refractivity contribution in [1.29, 1.82) is 0 Å². The summed E-state index contributed by atoms with van der Waals surface area (Å²) in [6.45, 7) is 2.77. The first kappa shape index (κ1) is 11.7. The molecule has 1 saturated heterocycles. The molecule has 6 heteroatoms. The highest BCUT2D eigenvalue weighted by Gasteiger charge is 2.44. The zero-order chi connectivity index (χ0) is 10.9. The predicted molar refractivity (Wildman–Crippen MR) is 47.8 cm³/mol. The Kier molecular flexibility index (Phi) is 3.71. The fourth-order valence-corrected chi connectivity index (χ4v) is 1.58. The Morgan fingerprint density at radius 2 is 2.07 bits per heavy atom. The molecule has 1 heterocycles. The molecular formula is C8H13ClO5. The van der Waals surface area contributed by atoms with Crippen LogP contribution in [0.4, 0.5) is 0 Å². The minimum Gasteiger partial charge on any atom is -0.458 e. The molecule has 82 valence electrons. The molecule has 0 bridgehead atoms. The van der Waals surface area contributed by atoms with Gasteiger partial charge in [-0.1, -0.05) is 0 Å².